The molecule has 0 fully saturated rings. The van der Waals surface area contributed by atoms with Gasteiger partial charge < -0.3 is 23.4 Å². The van der Waals surface area contributed by atoms with Crippen molar-refractivity contribution in [1.29, 1.82) is 0 Å². The number of ether oxygens (including phenoxy) is 1. The maximum Gasteiger partial charge on any atom is 0.255 e. The number of aromatic nitrogens is 2. The van der Waals surface area contributed by atoms with E-state index in [-0.39, 0.29) is 40.7 Å². The molecule has 4 aromatic carbocycles. The number of halogens is 2. The Bertz CT molecular complexity index is 2540. The number of carbonyl (C=O) groups is 1. The van der Waals surface area contributed by atoms with Crippen LogP contribution in [0.3, 0.4) is 0 Å². The summed E-state index contributed by atoms with van der Waals surface area (Å²) in [6, 6.07) is 19.7. The number of oxazole rings is 1. The number of fused-ring (bicyclic) bond motifs is 2. The second-order valence-corrected chi connectivity index (χ2v) is 13.5. The van der Waals surface area contributed by atoms with Crippen molar-refractivity contribution in [2.24, 2.45) is 0 Å². The minimum atomic E-state index is -3.85. The van der Waals surface area contributed by atoms with Crippen molar-refractivity contribution in [3.05, 3.63) is 108 Å². The predicted octanol–water partition coefficient (Wildman–Crippen LogP) is 7.48. The Kier molecular flexibility index (Phi) is 8.10. The number of furan rings is 1. The van der Waals surface area contributed by atoms with Gasteiger partial charge in [0.05, 0.1) is 17.5 Å². The maximum absolute atomic E-state index is 14.6. The van der Waals surface area contributed by atoms with Gasteiger partial charge in [-0.1, -0.05) is 11.2 Å². The van der Waals surface area contributed by atoms with Gasteiger partial charge in [0.1, 0.15) is 46.5 Å². The van der Waals surface area contributed by atoms with Crippen LogP contribution in [-0.2, 0) is 16.6 Å². The number of nitrogens with one attached hydrogen (secondary N) is 1. The lowest BCUT2D eigenvalue weighted by Crippen LogP contribution is -2.25. The first-order valence-corrected chi connectivity index (χ1v) is 17.0. The van der Waals surface area contributed by atoms with E-state index in [0.29, 0.717) is 50.4 Å². The highest BCUT2D eigenvalue weighted by Gasteiger charge is 2.27. The second-order valence-electron chi connectivity index (χ2n) is 11.5. The summed E-state index contributed by atoms with van der Waals surface area (Å²) in [4.78, 5) is 17.9. The van der Waals surface area contributed by atoms with Crippen LogP contribution in [0.2, 0.25) is 0 Å². The van der Waals surface area contributed by atoms with Gasteiger partial charge in [0.15, 0.2) is 11.4 Å². The standard InChI is InChI=1S/C36H28F2N4O7S/c1-19-14-23(41-49-19)18-46-30-13-10-21(36-40-28-7-5-6-27(38)34(28)48-36)15-25(30)24-16-26-31(17-29(24)42(3)50(4,44)45)47-33(32(26)35(43)39-2)20-8-11-22(37)12-9-20/h5-17H,18H2,1-4H3,(H,39,43). The van der Waals surface area contributed by atoms with Crippen LogP contribution in [0.5, 0.6) is 5.75 Å². The summed E-state index contributed by atoms with van der Waals surface area (Å²) in [7, 11) is -1.00. The molecule has 0 unspecified atom stereocenters. The molecule has 0 radical (unpaired) electrons. The van der Waals surface area contributed by atoms with E-state index in [4.69, 9.17) is 18.1 Å². The van der Waals surface area contributed by atoms with Crippen LogP contribution in [-0.4, -0.2) is 44.8 Å². The van der Waals surface area contributed by atoms with E-state index in [1.54, 1.807) is 43.3 Å². The van der Waals surface area contributed by atoms with Crippen LogP contribution < -0.4 is 14.4 Å². The molecule has 0 aliphatic heterocycles. The molecule has 50 heavy (non-hydrogen) atoms. The number of nitrogens with zero attached hydrogens (tertiary/aromatic N) is 3. The first kappa shape index (κ1) is 32.5. The lowest BCUT2D eigenvalue weighted by atomic mass is 9.96. The molecule has 3 heterocycles. The minimum absolute atomic E-state index is 0.00119. The third kappa shape index (κ3) is 5.94. The summed E-state index contributed by atoms with van der Waals surface area (Å²) in [6.07, 6.45) is 1.05. The summed E-state index contributed by atoms with van der Waals surface area (Å²) in [5.74, 6) is -0.377. The average molecular weight is 699 g/mol. The molecule has 0 bridgehead atoms. The van der Waals surface area contributed by atoms with Crippen molar-refractivity contribution < 1.29 is 40.1 Å². The highest BCUT2D eigenvalue weighted by Crippen LogP contribution is 2.45. The first-order chi connectivity index (χ1) is 23.9. The number of anilines is 1. The molecule has 7 aromatic rings. The van der Waals surface area contributed by atoms with E-state index in [0.717, 1.165) is 10.6 Å². The van der Waals surface area contributed by atoms with E-state index >= 15 is 0 Å². The fourth-order valence-corrected chi connectivity index (χ4v) is 6.13. The van der Waals surface area contributed by atoms with Crippen LogP contribution in [0.1, 0.15) is 21.8 Å². The summed E-state index contributed by atoms with van der Waals surface area (Å²) < 4.78 is 79.0. The van der Waals surface area contributed by atoms with Gasteiger partial charge in [-0.3, -0.25) is 9.10 Å². The zero-order chi connectivity index (χ0) is 35.3. The van der Waals surface area contributed by atoms with Crippen molar-refractivity contribution in [3.8, 4) is 39.7 Å². The summed E-state index contributed by atoms with van der Waals surface area (Å²) in [5.41, 5.74) is 2.90. The van der Waals surface area contributed by atoms with Gasteiger partial charge >= 0.3 is 0 Å². The number of hydrogen-bond acceptors (Lipinski definition) is 9. The zero-order valence-corrected chi connectivity index (χ0v) is 27.9. The largest absolute Gasteiger partial charge is 0.487 e. The van der Waals surface area contributed by atoms with Crippen molar-refractivity contribution in [3.63, 3.8) is 0 Å². The molecule has 7 rings (SSSR count). The zero-order valence-electron chi connectivity index (χ0n) is 27.1. The monoisotopic (exact) mass is 698 g/mol. The van der Waals surface area contributed by atoms with E-state index in [9.17, 15) is 22.0 Å². The molecule has 0 saturated carbocycles. The SMILES string of the molecule is CNC(=O)c1c(-c2ccc(F)cc2)oc2cc(N(C)S(C)(=O)=O)c(-c3cc(-c4nc5cccc(F)c5o4)ccc3OCc3cc(C)on3)cc12. The van der Waals surface area contributed by atoms with Gasteiger partial charge in [0, 0.05) is 53.9 Å². The number of sulfonamides is 1. The molecule has 0 atom stereocenters. The van der Waals surface area contributed by atoms with E-state index < -0.39 is 27.6 Å². The van der Waals surface area contributed by atoms with Crippen LogP contribution in [0.15, 0.2) is 92.2 Å². The quantitative estimate of drug-likeness (QED) is 0.162. The number of carbonyl (C=O) groups excluding carboxylic acids is 1. The van der Waals surface area contributed by atoms with Gasteiger partial charge in [-0.05, 0) is 67.6 Å². The summed E-state index contributed by atoms with van der Waals surface area (Å²) in [6.45, 7) is 1.75. The molecule has 1 amide bonds. The average Bonchev–Trinajstić information content (AvgIpc) is 3.83. The normalized spacial score (nSPS) is 11.7. The molecule has 0 aliphatic carbocycles. The molecule has 3 aromatic heterocycles. The number of para-hydroxylation sites is 1. The van der Waals surface area contributed by atoms with Gasteiger partial charge in [-0.2, -0.15) is 0 Å². The Morgan fingerprint density at radius 1 is 0.960 bits per heavy atom. The van der Waals surface area contributed by atoms with Gasteiger partial charge in [0.25, 0.3) is 5.91 Å². The molecule has 1 N–H and O–H groups in total. The van der Waals surface area contributed by atoms with Crippen molar-refractivity contribution in [2.75, 3.05) is 24.7 Å². The summed E-state index contributed by atoms with van der Waals surface area (Å²) in [5, 5.41) is 6.97. The lowest BCUT2D eigenvalue weighted by Gasteiger charge is -2.22. The fraction of sp³-hybridized carbons (Fsp3) is 0.139. The first-order valence-electron chi connectivity index (χ1n) is 15.2. The van der Waals surface area contributed by atoms with E-state index in [2.05, 4.69) is 15.5 Å². The summed E-state index contributed by atoms with van der Waals surface area (Å²) >= 11 is 0. The third-order valence-corrected chi connectivity index (χ3v) is 9.33. The fourth-order valence-electron chi connectivity index (χ4n) is 5.62. The molecule has 0 spiro atoms. The number of hydrogen-bond donors (Lipinski definition) is 1. The highest BCUT2D eigenvalue weighted by molar-refractivity contribution is 7.92. The molecular weight excluding hydrogens is 670 g/mol. The number of rotatable bonds is 9. The predicted molar refractivity (Wildman–Crippen MR) is 182 cm³/mol. The van der Waals surface area contributed by atoms with Crippen LogP contribution in [0, 0.1) is 18.6 Å². The van der Waals surface area contributed by atoms with Crippen LogP contribution >= 0.6 is 0 Å². The minimum Gasteiger partial charge on any atom is -0.487 e. The van der Waals surface area contributed by atoms with Crippen LogP contribution in [0.25, 0.3) is 56.0 Å². The van der Waals surface area contributed by atoms with E-state index in [1.165, 1.54) is 56.6 Å². The molecule has 254 valence electrons. The third-order valence-electron chi connectivity index (χ3n) is 8.14. The molecule has 0 saturated heterocycles. The molecular formula is C36H28F2N4O7S. The highest BCUT2D eigenvalue weighted by atomic mass is 32.2. The number of benzene rings is 4. The van der Waals surface area contributed by atoms with Gasteiger partial charge in [0.2, 0.25) is 15.9 Å². The van der Waals surface area contributed by atoms with E-state index in [1.807, 2.05) is 0 Å². The maximum atomic E-state index is 14.6. The Morgan fingerprint density at radius 2 is 1.72 bits per heavy atom. The molecule has 14 heteroatoms. The van der Waals surface area contributed by atoms with Crippen LogP contribution in [0.4, 0.5) is 14.5 Å². The Morgan fingerprint density at radius 3 is 2.40 bits per heavy atom. The molecule has 11 nitrogen and oxygen atoms in total. The van der Waals surface area contributed by atoms with Crippen molar-refractivity contribution in [1.82, 2.24) is 15.5 Å². The number of amides is 1. The van der Waals surface area contributed by atoms with Gasteiger partial charge in [-0.25, -0.2) is 22.2 Å². The Balaban J connectivity index is 1.50. The van der Waals surface area contributed by atoms with Crippen molar-refractivity contribution >= 4 is 43.7 Å². The second kappa shape index (κ2) is 12.5. The molecule has 0 aliphatic rings. The van der Waals surface area contributed by atoms with Gasteiger partial charge in [-0.15, -0.1) is 0 Å². The lowest BCUT2D eigenvalue weighted by molar-refractivity contribution is 0.0964. The Labute approximate surface area is 284 Å². The number of aryl methyl sites for hydroxylation is 1. The topological polar surface area (TPSA) is 141 Å². The van der Waals surface area contributed by atoms with Crippen molar-refractivity contribution in [2.45, 2.75) is 13.5 Å². The smallest absolute Gasteiger partial charge is 0.255 e. The Hall–Kier alpha value is -6.02.